The number of amides is 2. The Labute approximate surface area is 127 Å². The Morgan fingerprint density at radius 1 is 1.29 bits per heavy atom. The molecule has 2 amide bonds. The van der Waals surface area contributed by atoms with Crippen LogP contribution in [0.15, 0.2) is 0 Å². The largest absolute Gasteiger partial charge is 0.353 e. The summed E-state index contributed by atoms with van der Waals surface area (Å²) in [5.74, 6) is 0.345. The molecule has 1 aliphatic carbocycles. The van der Waals surface area contributed by atoms with E-state index in [0.29, 0.717) is 6.42 Å². The second kappa shape index (κ2) is 6.77. The van der Waals surface area contributed by atoms with Crippen LogP contribution in [0.2, 0.25) is 0 Å². The van der Waals surface area contributed by atoms with E-state index in [1.165, 1.54) is 0 Å². The quantitative estimate of drug-likeness (QED) is 0.823. The van der Waals surface area contributed by atoms with Crippen LogP contribution in [0.5, 0.6) is 0 Å². The molecule has 0 radical (unpaired) electrons. The molecule has 2 rings (SSSR count). The lowest BCUT2D eigenvalue weighted by molar-refractivity contribution is -0.142. The first-order valence-corrected chi connectivity index (χ1v) is 8.31. The Hall–Kier alpha value is -1.10. The standard InChI is InChI=1S/C16H29N3O2/c1-3-5-14(20)18-12-7-10-19(11-8-12)15(21)16(2)9-4-6-13(16)17/h12-13H,3-11,17H2,1-2H3,(H,18,20). The van der Waals surface area contributed by atoms with E-state index in [2.05, 4.69) is 5.32 Å². The number of piperidine rings is 1. The van der Waals surface area contributed by atoms with E-state index in [1.807, 2.05) is 18.7 Å². The zero-order valence-corrected chi connectivity index (χ0v) is 13.4. The van der Waals surface area contributed by atoms with Crippen molar-refractivity contribution in [3.05, 3.63) is 0 Å². The van der Waals surface area contributed by atoms with Gasteiger partial charge in [0.1, 0.15) is 0 Å². The molecule has 2 aliphatic rings. The van der Waals surface area contributed by atoms with Crippen LogP contribution in [0.1, 0.15) is 58.8 Å². The molecule has 5 heteroatoms. The average Bonchev–Trinajstić information content (AvgIpc) is 2.80. The van der Waals surface area contributed by atoms with Gasteiger partial charge in [0, 0.05) is 31.6 Å². The third kappa shape index (κ3) is 3.57. The highest BCUT2D eigenvalue weighted by atomic mass is 16.2. The van der Waals surface area contributed by atoms with Gasteiger partial charge in [-0.1, -0.05) is 13.3 Å². The van der Waals surface area contributed by atoms with Gasteiger partial charge in [-0.2, -0.15) is 0 Å². The SMILES string of the molecule is CCCC(=O)NC1CCN(C(=O)C2(C)CCCC2N)CC1. The fraction of sp³-hybridized carbons (Fsp3) is 0.875. The molecule has 120 valence electrons. The van der Waals surface area contributed by atoms with Crippen LogP contribution >= 0.6 is 0 Å². The monoisotopic (exact) mass is 295 g/mol. The summed E-state index contributed by atoms with van der Waals surface area (Å²) in [6.45, 7) is 5.49. The van der Waals surface area contributed by atoms with Gasteiger partial charge in [-0.3, -0.25) is 9.59 Å². The zero-order chi connectivity index (χ0) is 15.5. The van der Waals surface area contributed by atoms with Gasteiger partial charge >= 0.3 is 0 Å². The highest BCUT2D eigenvalue weighted by molar-refractivity contribution is 5.83. The van der Waals surface area contributed by atoms with Gasteiger partial charge in [0.2, 0.25) is 11.8 Å². The number of carbonyl (C=O) groups excluding carboxylic acids is 2. The molecule has 2 fully saturated rings. The second-order valence-corrected chi connectivity index (χ2v) is 6.80. The van der Waals surface area contributed by atoms with Gasteiger partial charge in [0.15, 0.2) is 0 Å². The summed E-state index contributed by atoms with van der Waals surface area (Å²) >= 11 is 0. The predicted molar refractivity (Wildman–Crippen MR) is 82.6 cm³/mol. The van der Waals surface area contributed by atoms with Gasteiger partial charge in [-0.05, 0) is 39.0 Å². The van der Waals surface area contributed by atoms with Crippen molar-refractivity contribution in [1.82, 2.24) is 10.2 Å². The molecule has 2 unspecified atom stereocenters. The Morgan fingerprint density at radius 2 is 1.95 bits per heavy atom. The molecule has 1 saturated heterocycles. The number of hydrogen-bond acceptors (Lipinski definition) is 3. The molecule has 0 aromatic rings. The van der Waals surface area contributed by atoms with Crippen LogP contribution < -0.4 is 11.1 Å². The number of nitrogens with one attached hydrogen (secondary N) is 1. The van der Waals surface area contributed by atoms with Crippen LogP contribution in [0.25, 0.3) is 0 Å². The van der Waals surface area contributed by atoms with Crippen LogP contribution in [-0.4, -0.2) is 41.9 Å². The van der Waals surface area contributed by atoms with Gasteiger partial charge in [0.25, 0.3) is 0 Å². The van der Waals surface area contributed by atoms with Crippen molar-refractivity contribution in [1.29, 1.82) is 0 Å². The molecule has 1 saturated carbocycles. The van der Waals surface area contributed by atoms with Crippen molar-refractivity contribution < 1.29 is 9.59 Å². The number of rotatable bonds is 4. The zero-order valence-electron chi connectivity index (χ0n) is 13.4. The maximum atomic E-state index is 12.7. The molecule has 5 nitrogen and oxygen atoms in total. The normalized spacial score (nSPS) is 30.4. The molecule has 0 spiro atoms. The average molecular weight is 295 g/mol. The van der Waals surface area contributed by atoms with E-state index < -0.39 is 0 Å². The molecular formula is C16H29N3O2. The summed E-state index contributed by atoms with van der Waals surface area (Å²) in [4.78, 5) is 26.3. The minimum absolute atomic E-state index is 0.00743. The van der Waals surface area contributed by atoms with Crippen LogP contribution in [-0.2, 0) is 9.59 Å². The van der Waals surface area contributed by atoms with E-state index >= 15 is 0 Å². The molecule has 21 heavy (non-hydrogen) atoms. The molecule has 0 aromatic heterocycles. The summed E-state index contributed by atoms with van der Waals surface area (Å²) in [6, 6.07) is 0.213. The first-order valence-electron chi connectivity index (χ1n) is 8.31. The molecule has 3 N–H and O–H groups in total. The minimum Gasteiger partial charge on any atom is -0.353 e. The van der Waals surface area contributed by atoms with E-state index in [9.17, 15) is 9.59 Å². The van der Waals surface area contributed by atoms with E-state index in [4.69, 9.17) is 5.73 Å². The molecule has 0 bridgehead atoms. The van der Waals surface area contributed by atoms with Crippen molar-refractivity contribution >= 4 is 11.8 Å². The van der Waals surface area contributed by atoms with Crippen LogP contribution in [0.4, 0.5) is 0 Å². The molecule has 2 atom stereocenters. The highest BCUT2D eigenvalue weighted by Crippen LogP contribution is 2.38. The van der Waals surface area contributed by atoms with Gasteiger partial charge in [-0.25, -0.2) is 0 Å². The minimum atomic E-state index is -0.377. The van der Waals surface area contributed by atoms with Crippen molar-refractivity contribution in [2.45, 2.75) is 70.9 Å². The van der Waals surface area contributed by atoms with E-state index in [-0.39, 0.29) is 29.3 Å². The highest BCUT2D eigenvalue weighted by Gasteiger charge is 2.45. The van der Waals surface area contributed by atoms with E-state index in [0.717, 1.165) is 51.6 Å². The van der Waals surface area contributed by atoms with E-state index in [1.54, 1.807) is 0 Å². The Morgan fingerprint density at radius 3 is 2.48 bits per heavy atom. The lowest BCUT2D eigenvalue weighted by atomic mass is 9.83. The summed E-state index contributed by atoms with van der Waals surface area (Å²) in [5, 5.41) is 3.07. The van der Waals surface area contributed by atoms with Crippen molar-refractivity contribution in [3.63, 3.8) is 0 Å². The number of nitrogens with zero attached hydrogens (tertiary/aromatic N) is 1. The fourth-order valence-electron chi connectivity index (χ4n) is 3.57. The number of carbonyl (C=O) groups is 2. The predicted octanol–water partition coefficient (Wildman–Crippen LogP) is 1.41. The number of hydrogen-bond donors (Lipinski definition) is 2. The summed E-state index contributed by atoms with van der Waals surface area (Å²) in [6.07, 6.45) is 6.07. The maximum absolute atomic E-state index is 12.7. The van der Waals surface area contributed by atoms with Crippen LogP contribution in [0.3, 0.4) is 0 Å². The number of nitrogens with two attached hydrogens (primary N) is 1. The molecule has 0 aromatic carbocycles. The molecular weight excluding hydrogens is 266 g/mol. The van der Waals surface area contributed by atoms with Gasteiger partial charge < -0.3 is 16.0 Å². The Bertz CT molecular complexity index is 391. The van der Waals surface area contributed by atoms with Crippen LogP contribution in [0, 0.1) is 5.41 Å². The van der Waals surface area contributed by atoms with Gasteiger partial charge in [-0.15, -0.1) is 0 Å². The number of likely N-dealkylation sites (tertiary alicyclic amines) is 1. The first kappa shape index (κ1) is 16.3. The van der Waals surface area contributed by atoms with Crippen molar-refractivity contribution in [3.8, 4) is 0 Å². The van der Waals surface area contributed by atoms with Gasteiger partial charge in [0.05, 0.1) is 5.41 Å². The summed E-state index contributed by atoms with van der Waals surface area (Å²) in [5.41, 5.74) is 5.77. The topological polar surface area (TPSA) is 75.4 Å². The summed E-state index contributed by atoms with van der Waals surface area (Å²) < 4.78 is 0. The second-order valence-electron chi connectivity index (χ2n) is 6.80. The Kier molecular flexibility index (Phi) is 5.25. The Balaban J connectivity index is 1.83. The fourth-order valence-corrected chi connectivity index (χ4v) is 3.57. The first-order chi connectivity index (χ1) is 9.97. The lowest BCUT2D eigenvalue weighted by Crippen LogP contribution is -2.53. The van der Waals surface area contributed by atoms with Crippen molar-refractivity contribution in [2.75, 3.05) is 13.1 Å². The maximum Gasteiger partial charge on any atom is 0.230 e. The molecule has 1 heterocycles. The third-order valence-electron chi connectivity index (χ3n) is 5.14. The van der Waals surface area contributed by atoms with Crippen molar-refractivity contribution in [2.24, 2.45) is 11.1 Å². The summed E-state index contributed by atoms with van der Waals surface area (Å²) in [7, 11) is 0. The molecule has 1 aliphatic heterocycles. The smallest absolute Gasteiger partial charge is 0.230 e. The lowest BCUT2D eigenvalue weighted by Gasteiger charge is -2.38. The third-order valence-corrected chi connectivity index (χ3v) is 5.14.